The molecule has 0 aromatic carbocycles. The number of fused-ring (bicyclic) bond motifs is 3. The molecule has 0 atom stereocenters. The molecule has 0 bridgehead atoms. The lowest BCUT2D eigenvalue weighted by atomic mass is 9.97. The summed E-state index contributed by atoms with van der Waals surface area (Å²) in [6.45, 7) is 0. The van der Waals surface area contributed by atoms with Crippen LogP contribution >= 0.6 is 11.3 Å². The van der Waals surface area contributed by atoms with Gasteiger partial charge in [-0.1, -0.05) is 0 Å². The van der Waals surface area contributed by atoms with Crippen molar-refractivity contribution < 1.29 is 4.79 Å². The number of pyridine rings is 1. The minimum absolute atomic E-state index is 0.0751. The van der Waals surface area contributed by atoms with E-state index in [4.69, 9.17) is 0 Å². The molecule has 3 heterocycles. The van der Waals surface area contributed by atoms with Crippen LogP contribution in [0.15, 0.2) is 29.3 Å². The van der Waals surface area contributed by atoms with Crippen LogP contribution in [0, 0.1) is 0 Å². The first-order valence-corrected chi connectivity index (χ1v) is 9.25. The third kappa shape index (κ3) is 3.32. The second-order valence-corrected chi connectivity index (χ2v) is 7.27. The molecule has 25 heavy (non-hydrogen) atoms. The molecule has 0 saturated heterocycles. The van der Waals surface area contributed by atoms with Crippen LogP contribution in [0.1, 0.15) is 35.5 Å². The molecular weight excluding hydrogens is 336 g/mol. The summed E-state index contributed by atoms with van der Waals surface area (Å²) in [5.41, 5.74) is 1.82. The second kappa shape index (κ2) is 6.76. The fourth-order valence-corrected chi connectivity index (χ4v) is 4.50. The van der Waals surface area contributed by atoms with Gasteiger partial charge in [-0.3, -0.25) is 14.6 Å². The monoisotopic (exact) mass is 354 g/mol. The van der Waals surface area contributed by atoms with Gasteiger partial charge in [-0.05, 0) is 43.4 Å². The summed E-state index contributed by atoms with van der Waals surface area (Å²) in [7, 11) is 0. The maximum Gasteiger partial charge on any atom is 0.259 e. The van der Waals surface area contributed by atoms with E-state index in [-0.39, 0.29) is 17.9 Å². The van der Waals surface area contributed by atoms with Gasteiger partial charge in [0.05, 0.1) is 5.39 Å². The first kappa shape index (κ1) is 16.0. The van der Waals surface area contributed by atoms with E-state index in [1.165, 1.54) is 16.9 Å². The third-order valence-corrected chi connectivity index (χ3v) is 5.61. The Labute approximate surface area is 148 Å². The standard InChI is InChI=1S/C18H18N4O2S/c23-15(20-11-7-9-19-10-8-11)6-5-14-21-17(24)16-12-3-1-2-4-13(12)25-18(16)22-14/h7-10H,1-6H2,(H,19,20,23)(H,21,22,24). The number of aromatic amines is 1. The predicted molar refractivity (Wildman–Crippen MR) is 98.1 cm³/mol. The van der Waals surface area contributed by atoms with Crippen molar-refractivity contribution in [1.29, 1.82) is 0 Å². The molecule has 4 rings (SSSR count). The van der Waals surface area contributed by atoms with Crippen molar-refractivity contribution in [2.24, 2.45) is 0 Å². The SMILES string of the molecule is O=C(CCc1nc2sc3c(c2c(=O)[nH]1)CCCC3)Nc1ccncc1. The third-order valence-electron chi connectivity index (χ3n) is 4.43. The van der Waals surface area contributed by atoms with Gasteiger partial charge in [0.1, 0.15) is 10.7 Å². The largest absolute Gasteiger partial charge is 0.326 e. The maximum absolute atomic E-state index is 12.5. The van der Waals surface area contributed by atoms with Crippen molar-refractivity contribution in [1.82, 2.24) is 15.0 Å². The van der Waals surface area contributed by atoms with E-state index in [2.05, 4.69) is 20.3 Å². The molecule has 3 aromatic rings. The molecule has 0 unspecified atom stereocenters. The van der Waals surface area contributed by atoms with Crippen LogP contribution in [0.25, 0.3) is 10.2 Å². The number of aromatic nitrogens is 3. The number of thiophene rings is 1. The van der Waals surface area contributed by atoms with Gasteiger partial charge < -0.3 is 10.3 Å². The smallest absolute Gasteiger partial charge is 0.259 e. The minimum Gasteiger partial charge on any atom is -0.326 e. The number of H-pyrrole nitrogens is 1. The molecule has 3 aromatic heterocycles. The lowest BCUT2D eigenvalue weighted by Gasteiger charge is -2.09. The van der Waals surface area contributed by atoms with E-state index in [9.17, 15) is 9.59 Å². The van der Waals surface area contributed by atoms with Gasteiger partial charge in [-0.25, -0.2) is 4.98 Å². The van der Waals surface area contributed by atoms with Crippen molar-refractivity contribution >= 4 is 33.1 Å². The summed E-state index contributed by atoms with van der Waals surface area (Å²) in [6, 6.07) is 3.47. The topological polar surface area (TPSA) is 87.7 Å². The molecule has 0 fully saturated rings. The number of amides is 1. The van der Waals surface area contributed by atoms with E-state index in [0.717, 1.165) is 29.5 Å². The quantitative estimate of drug-likeness (QED) is 0.754. The molecule has 1 amide bonds. The normalized spacial score (nSPS) is 13.6. The molecule has 0 aliphatic heterocycles. The fraction of sp³-hybridized carbons (Fsp3) is 0.333. The summed E-state index contributed by atoms with van der Waals surface area (Å²) >= 11 is 1.63. The van der Waals surface area contributed by atoms with Gasteiger partial charge >= 0.3 is 0 Å². The second-order valence-electron chi connectivity index (χ2n) is 6.19. The Bertz CT molecular complexity index is 978. The molecule has 6 nitrogen and oxygen atoms in total. The number of aryl methyl sites for hydroxylation is 3. The highest BCUT2D eigenvalue weighted by atomic mass is 32.1. The molecular formula is C18H18N4O2S. The Hall–Kier alpha value is -2.54. The Morgan fingerprint density at radius 3 is 2.88 bits per heavy atom. The zero-order valence-electron chi connectivity index (χ0n) is 13.7. The zero-order chi connectivity index (χ0) is 17.2. The van der Waals surface area contributed by atoms with Crippen LogP contribution in [-0.4, -0.2) is 20.9 Å². The minimum atomic E-state index is -0.112. The molecule has 0 saturated carbocycles. The summed E-state index contributed by atoms with van der Waals surface area (Å²) < 4.78 is 0. The number of carbonyl (C=O) groups excluding carboxylic acids is 1. The predicted octanol–water partition coefficient (Wildman–Crippen LogP) is 2.83. The lowest BCUT2D eigenvalue weighted by Crippen LogP contribution is -2.16. The molecule has 0 radical (unpaired) electrons. The molecule has 128 valence electrons. The number of hydrogen-bond donors (Lipinski definition) is 2. The summed E-state index contributed by atoms with van der Waals surface area (Å²) in [4.78, 5) is 38.0. The average molecular weight is 354 g/mol. The van der Waals surface area contributed by atoms with Gasteiger partial charge in [0.2, 0.25) is 5.91 Å². The molecule has 1 aliphatic carbocycles. The number of carbonyl (C=O) groups is 1. The van der Waals surface area contributed by atoms with E-state index in [1.54, 1.807) is 35.9 Å². The number of hydrogen-bond acceptors (Lipinski definition) is 5. The van der Waals surface area contributed by atoms with E-state index in [1.807, 2.05) is 0 Å². The summed E-state index contributed by atoms with van der Waals surface area (Å²) in [5.74, 6) is 0.459. The van der Waals surface area contributed by atoms with Crippen LogP contribution in [0.2, 0.25) is 0 Å². The highest BCUT2D eigenvalue weighted by Gasteiger charge is 2.19. The molecule has 2 N–H and O–H groups in total. The van der Waals surface area contributed by atoms with Crippen LogP contribution in [-0.2, 0) is 24.1 Å². The van der Waals surface area contributed by atoms with Crippen LogP contribution in [0.5, 0.6) is 0 Å². The lowest BCUT2D eigenvalue weighted by molar-refractivity contribution is -0.116. The van der Waals surface area contributed by atoms with E-state index >= 15 is 0 Å². The average Bonchev–Trinajstić information content (AvgIpc) is 2.99. The van der Waals surface area contributed by atoms with Crippen molar-refractivity contribution in [3.8, 4) is 0 Å². The number of rotatable bonds is 4. The Morgan fingerprint density at radius 2 is 2.04 bits per heavy atom. The van der Waals surface area contributed by atoms with Crippen LogP contribution < -0.4 is 10.9 Å². The van der Waals surface area contributed by atoms with Gasteiger partial charge in [-0.15, -0.1) is 11.3 Å². The Morgan fingerprint density at radius 1 is 1.24 bits per heavy atom. The van der Waals surface area contributed by atoms with Gasteiger partial charge in [0.25, 0.3) is 5.56 Å². The van der Waals surface area contributed by atoms with Gasteiger partial charge in [-0.2, -0.15) is 0 Å². The Balaban J connectivity index is 1.50. The van der Waals surface area contributed by atoms with Crippen molar-refractivity contribution in [3.63, 3.8) is 0 Å². The molecule has 7 heteroatoms. The zero-order valence-corrected chi connectivity index (χ0v) is 14.5. The first-order chi connectivity index (χ1) is 12.2. The van der Waals surface area contributed by atoms with Crippen LogP contribution in [0.4, 0.5) is 5.69 Å². The van der Waals surface area contributed by atoms with Crippen molar-refractivity contribution in [2.75, 3.05) is 5.32 Å². The first-order valence-electron chi connectivity index (χ1n) is 8.44. The Kier molecular flexibility index (Phi) is 4.31. The molecule has 0 spiro atoms. The van der Waals surface area contributed by atoms with Gasteiger partial charge in [0, 0.05) is 35.8 Å². The summed E-state index contributed by atoms with van der Waals surface area (Å²) in [6.07, 6.45) is 8.25. The number of nitrogens with one attached hydrogen (secondary N) is 2. The number of nitrogens with zero attached hydrogens (tertiary/aromatic N) is 2. The fourth-order valence-electron chi connectivity index (χ4n) is 3.22. The van der Waals surface area contributed by atoms with E-state index in [0.29, 0.717) is 17.9 Å². The highest BCUT2D eigenvalue weighted by Crippen LogP contribution is 2.33. The molecule has 1 aliphatic rings. The highest BCUT2D eigenvalue weighted by molar-refractivity contribution is 7.18. The maximum atomic E-state index is 12.5. The van der Waals surface area contributed by atoms with Crippen molar-refractivity contribution in [2.45, 2.75) is 38.5 Å². The number of anilines is 1. The van der Waals surface area contributed by atoms with Crippen molar-refractivity contribution in [3.05, 3.63) is 51.1 Å². The van der Waals surface area contributed by atoms with Crippen LogP contribution in [0.3, 0.4) is 0 Å². The van der Waals surface area contributed by atoms with Gasteiger partial charge in [0.15, 0.2) is 0 Å². The summed E-state index contributed by atoms with van der Waals surface area (Å²) in [5, 5.41) is 3.56. The van der Waals surface area contributed by atoms with E-state index < -0.39 is 0 Å².